The summed E-state index contributed by atoms with van der Waals surface area (Å²) in [5.74, 6) is 0.992. The van der Waals surface area contributed by atoms with Gasteiger partial charge in [0.2, 0.25) is 11.8 Å². The summed E-state index contributed by atoms with van der Waals surface area (Å²) in [5, 5.41) is 5.30. The largest absolute Gasteiger partial charge is 0.339 e. The molecule has 1 aromatic heterocycles. The Balaban J connectivity index is 1.28. The molecule has 27 heavy (non-hydrogen) atoms. The number of urea groups is 1. The molecule has 0 spiro atoms. The average molecular weight is 391 g/mol. The fourth-order valence-electron chi connectivity index (χ4n) is 3.66. The van der Waals surface area contributed by atoms with Crippen molar-refractivity contribution < 1.29 is 14.4 Å². The third-order valence-electron chi connectivity index (χ3n) is 5.55. The van der Waals surface area contributed by atoms with Crippen LogP contribution in [0.2, 0.25) is 0 Å². The van der Waals surface area contributed by atoms with Gasteiger partial charge in [0, 0.05) is 50.6 Å². The Morgan fingerprint density at radius 1 is 1.22 bits per heavy atom. The highest BCUT2D eigenvalue weighted by atomic mass is 32.1. The van der Waals surface area contributed by atoms with Crippen molar-refractivity contribution in [3.8, 4) is 0 Å². The molecule has 146 valence electrons. The summed E-state index contributed by atoms with van der Waals surface area (Å²) in [6.45, 7) is 5.85. The molecule has 9 heteroatoms. The highest BCUT2D eigenvalue weighted by Gasteiger charge is 2.42. The first-order valence-electron chi connectivity index (χ1n) is 9.59. The number of carbonyl (C=O) groups is 3. The van der Waals surface area contributed by atoms with Crippen LogP contribution < -0.4 is 10.2 Å². The second-order valence-corrected chi connectivity index (χ2v) is 8.40. The average Bonchev–Trinajstić information content (AvgIpc) is 3.23. The maximum atomic E-state index is 12.6. The number of amides is 4. The molecule has 3 heterocycles. The van der Waals surface area contributed by atoms with Crippen LogP contribution in [0.3, 0.4) is 0 Å². The maximum Gasteiger partial charge on any atom is 0.323 e. The number of nitrogens with zero attached hydrogens (tertiary/aromatic N) is 4. The number of carbonyl (C=O) groups excluding carboxylic acids is 3. The number of rotatable bonds is 4. The van der Waals surface area contributed by atoms with Gasteiger partial charge in [0.25, 0.3) is 0 Å². The predicted octanol–water partition coefficient (Wildman–Crippen LogP) is 0.932. The molecule has 0 radical (unpaired) electrons. The van der Waals surface area contributed by atoms with Gasteiger partial charge in [-0.15, -0.1) is 11.3 Å². The second-order valence-electron chi connectivity index (χ2n) is 7.56. The lowest BCUT2D eigenvalue weighted by Crippen LogP contribution is -2.51. The van der Waals surface area contributed by atoms with E-state index in [1.54, 1.807) is 4.90 Å². The van der Waals surface area contributed by atoms with Gasteiger partial charge in [-0.05, 0) is 18.8 Å². The molecule has 1 aliphatic carbocycles. The van der Waals surface area contributed by atoms with E-state index in [0.29, 0.717) is 56.0 Å². The summed E-state index contributed by atoms with van der Waals surface area (Å²) in [4.78, 5) is 46.6. The smallest absolute Gasteiger partial charge is 0.323 e. The van der Waals surface area contributed by atoms with Crippen molar-refractivity contribution in [3.05, 3.63) is 11.1 Å². The van der Waals surface area contributed by atoms with Crippen molar-refractivity contribution in [3.63, 3.8) is 0 Å². The zero-order valence-corrected chi connectivity index (χ0v) is 16.3. The fraction of sp³-hybridized carbons (Fsp3) is 0.667. The van der Waals surface area contributed by atoms with Crippen LogP contribution >= 0.6 is 11.3 Å². The number of thiazole rings is 1. The number of nitrogens with one attached hydrogen (secondary N) is 1. The Hall–Kier alpha value is -2.16. The normalized spacial score (nSPS) is 25.4. The molecule has 1 saturated carbocycles. The van der Waals surface area contributed by atoms with E-state index in [2.05, 4.69) is 17.2 Å². The van der Waals surface area contributed by atoms with Crippen molar-refractivity contribution in [1.82, 2.24) is 20.1 Å². The van der Waals surface area contributed by atoms with Crippen LogP contribution in [-0.2, 0) is 16.0 Å². The number of hydrogen-bond donors (Lipinski definition) is 1. The lowest BCUT2D eigenvalue weighted by atomic mass is 10.2. The van der Waals surface area contributed by atoms with Gasteiger partial charge in [-0.3, -0.25) is 14.5 Å². The lowest BCUT2D eigenvalue weighted by Gasteiger charge is -2.35. The van der Waals surface area contributed by atoms with E-state index >= 15 is 0 Å². The molecule has 4 rings (SSSR count). The van der Waals surface area contributed by atoms with Gasteiger partial charge in [0.15, 0.2) is 5.13 Å². The Kier molecular flexibility index (Phi) is 5.03. The Labute approximate surface area is 162 Å². The van der Waals surface area contributed by atoms with E-state index < -0.39 is 0 Å². The minimum atomic E-state index is -0.126. The van der Waals surface area contributed by atoms with Crippen LogP contribution in [0.1, 0.15) is 25.5 Å². The number of piperazine rings is 1. The molecule has 1 aromatic rings. The van der Waals surface area contributed by atoms with Crippen LogP contribution in [0.5, 0.6) is 0 Å². The van der Waals surface area contributed by atoms with E-state index in [4.69, 9.17) is 0 Å². The molecule has 2 aliphatic heterocycles. The van der Waals surface area contributed by atoms with E-state index in [9.17, 15) is 14.4 Å². The van der Waals surface area contributed by atoms with Gasteiger partial charge >= 0.3 is 6.03 Å². The molecule has 3 aliphatic rings. The zero-order chi connectivity index (χ0) is 19.0. The summed E-state index contributed by atoms with van der Waals surface area (Å²) >= 11 is 1.39. The molecule has 0 aromatic carbocycles. The summed E-state index contributed by atoms with van der Waals surface area (Å²) < 4.78 is 0. The molecule has 8 nitrogen and oxygen atoms in total. The molecule has 2 saturated heterocycles. The predicted molar refractivity (Wildman–Crippen MR) is 102 cm³/mol. The molecule has 1 N–H and O–H groups in total. The van der Waals surface area contributed by atoms with Crippen molar-refractivity contribution in [2.75, 3.05) is 44.2 Å². The van der Waals surface area contributed by atoms with Gasteiger partial charge in [-0.1, -0.05) is 6.92 Å². The number of hydrogen-bond acceptors (Lipinski definition) is 5. The minimum Gasteiger partial charge on any atom is -0.339 e. The first-order valence-corrected chi connectivity index (χ1v) is 10.5. The van der Waals surface area contributed by atoms with Crippen LogP contribution in [0.25, 0.3) is 0 Å². The number of aromatic nitrogens is 1. The molecule has 2 atom stereocenters. The topological polar surface area (TPSA) is 85.9 Å². The second kappa shape index (κ2) is 7.46. The van der Waals surface area contributed by atoms with E-state index in [0.717, 1.165) is 12.8 Å². The first-order chi connectivity index (χ1) is 13.0. The highest BCUT2D eigenvalue weighted by Crippen LogP contribution is 2.39. The van der Waals surface area contributed by atoms with Crippen molar-refractivity contribution in [2.24, 2.45) is 11.8 Å². The monoisotopic (exact) mass is 391 g/mol. The number of anilines is 1. The van der Waals surface area contributed by atoms with Gasteiger partial charge < -0.3 is 15.1 Å². The minimum absolute atomic E-state index is 0.0295. The summed E-state index contributed by atoms with van der Waals surface area (Å²) in [6.07, 6.45) is 2.13. The van der Waals surface area contributed by atoms with E-state index in [1.807, 2.05) is 15.2 Å². The van der Waals surface area contributed by atoms with Crippen LogP contribution in [0, 0.1) is 11.8 Å². The maximum absolute atomic E-state index is 12.6. The van der Waals surface area contributed by atoms with Gasteiger partial charge in [-0.25, -0.2) is 9.78 Å². The Morgan fingerprint density at radius 2 is 1.93 bits per heavy atom. The molecule has 3 fully saturated rings. The van der Waals surface area contributed by atoms with Crippen molar-refractivity contribution >= 4 is 34.3 Å². The summed E-state index contributed by atoms with van der Waals surface area (Å²) in [7, 11) is 0. The molecule has 0 bridgehead atoms. The Bertz CT molecular complexity index is 743. The standard InChI is InChI=1S/C18H25N5O3S/c1-12-9-14(12)16(25)22-7-5-21(6-8-22)15(24)10-13-11-27-18(20-13)23-4-2-3-19-17(23)26/h11-12,14H,2-10H2,1H3,(H,19,26)/t12-,14-/m1/s1. The fourth-order valence-corrected chi connectivity index (χ4v) is 4.51. The third kappa shape index (κ3) is 3.92. The molecule has 4 amide bonds. The first kappa shape index (κ1) is 18.2. The van der Waals surface area contributed by atoms with E-state index in [-0.39, 0.29) is 30.2 Å². The van der Waals surface area contributed by atoms with Crippen molar-refractivity contribution in [2.45, 2.75) is 26.2 Å². The quantitative estimate of drug-likeness (QED) is 0.827. The van der Waals surface area contributed by atoms with Gasteiger partial charge in [0.05, 0.1) is 12.1 Å². The summed E-state index contributed by atoms with van der Waals surface area (Å²) in [6, 6.07) is -0.126. The Morgan fingerprint density at radius 3 is 2.59 bits per heavy atom. The SMILES string of the molecule is C[C@@H]1C[C@H]1C(=O)N1CCN(C(=O)Cc2csc(N3CCCNC3=O)n2)CC1. The summed E-state index contributed by atoms with van der Waals surface area (Å²) in [5.41, 5.74) is 0.698. The van der Waals surface area contributed by atoms with Crippen LogP contribution in [0.15, 0.2) is 5.38 Å². The molecular weight excluding hydrogens is 366 g/mol. The van der Waals surface area contributed by atoms with Crippen LogP contribution in [-0.4, -0.2) is 71.9 Å². The zero-order valence-electron chi connectivity index (χ0n) is 15.5. The molecule has 0 unspecified atom stereocenters. The van der Waals surface area contributed by atoms with Crippen LogP contribution in [0.4, 0.5) is 9.93 Å². The highest BCUT2D eigenvalue weighted by molar-refractivity contribution is 7.14. The van der Waals surface area contributed by atoms with E-state index in [1.165, 1.54) is 11.3 Å². The van der Waals surface area contributed by atoms with Crippen molar-refractivity contribution in [1.29, 1.82) is 0 Å². The lowest BCUT2D eigenvalue weighted by molar-refractivity contribution is -0.140. The van der Waals surface area contributed by atoms with Gasteiger partial charge in [0.1, 0.15) is 0 Å². The van der Waals surface area contributed by atoms with Gasteiger partial charge in [-0.2, -0.15) is 0 Å². The third-order valence-corrected chi connectivity index (χ3v) is 6.47. The molecular formula is C18H25N5O3S.